The highest BCUT2D eigenvalue weighted by molar-refractivity contribution is 6.14. The molecule has 0 radical (unpaired) electrons. The van der Waals surface area contributed by atoms with E-state index in [2.05, 4.69) is 43.2 Å². The summed E-state index contributed by atoms with van der Waals surface area (Å²) < 4.78 is 4.76. The van der Waals surface area contributed by atoms with Crippen LogP contribution in [0.5, 0.6) is 0 Å². The van der Waals surface area contributed by atoms with Gasteiger partial charge in [-0.1, -0.05) is 24.3 Å². The number of amides is 1. The number of methoxy groups -OCH3 is 1. The minimum absolute atomic E-state index is 0.177. The van der Waals surface area contributed by atoms with E-state index in [1.807, 2.05) is 64.6 Å². The SMILES string of the molecule is COC(=O)Nc1cc(CO)cc(Nc2c3cccc(NCCN(C)C)c3nc3c(NCCN(C)C)cccc23)c1. The van der Waals surface area contributed by atoms with Gasteiger partial charge >= 0.3 is 6.09 Å². The van der Waals surface area contributed by atoms with E-state index in [-0.39, 0.29) is 6.61 Å². The van der Waals surface area contributed by atoms with Gasteiger partial charge in [0, 0.05) is 48.3 Å². The Morgan fingerprint density at radius 1 is 0.850 bits per heavy atom. The third-order valence-electron chi connectivity index (χ3n) is 6.46. The molecule has 0 saturated heterocycles. The second-order valence-corrected chi connectivity index (χ2v) is 10.2. The first-order valence-corrected chi connectivity index (χ1v) is 13.3. The molecule has 4 aromatic rings. The van der Waals surface area contributed by atoms with Crippen LogP contribution >= 0.6 is 0 Å². The van der Waals surface area contributed by atoms with Crippen LogP contribution in [0.2, 0.25) is 0 Å². The lowest BCUT2D eigenvalue weighted by Gasteiger charge is -2.19. The number of ether oxygens (including phenoxy) is 1. The quantitative estimate of drug-likeness (QED) is 0.161. The molecular formula is C30H39N7O3. The van der Waals surface area contributed by atoms with Crippen LogP contribution in [0, 0.1) is 0 Å². The van der Waals surface area contributed by atoms with Gasteiger partial charge in [-0.25, -0.2) is 9.78 Å². The van der Waals surface area contributed by atoms with Gasteiger partial charge in [-0.05, 0) is 64.1 Å². The van der Waals surface area contributed by atoms with Gasteiger partial charge in [0.25, 0.3) is 0 Å². The van der Waals surface area contributed by atoms with Gasteiger partial charge in [0.1, 0.15) is 0 Å². The van der Waals surface area contributed by atoms with Gasteiger partial charge in [0.15, 0.2) is 0 Å². The fraction of sp³-hybridized carbons (Fsp3) is 0.333. The molecule has 5 N–H and O–H groups in total. The van der Waals surface area contributed by atoms with Crippen LogP contribution in [0.4, 0.5) is 33.2 Å². The molecule has 40 heavy (non-hydrogen) atoms. The summed E-state index contributed by atoms with van der Waals surface area (Å²) in [6, 6.07) is 17.6. The maximum absolute atomic E-state index is 11.9. The summed E-state index contributed by atoms with van der Waals surface area (Å²) in [5.74, 6) is 0. The minimum Gasteiger partial charge on any atom is -0.453 e. The second kappa shape index (κ2) is 13.3. The number of likely N-dealkylation sites (N-methyl/N-ethyl adjacent to an activating group) is 2. The van der Waals surface area contributed by atoms with Crippen LogP contribution in [-0.2, 0) is 11.3 Å². The first kappa shape index (κ1) is 28.9. The fourth-order valence-electron chi connectivity index (χ4n) is 4.48. The zero-order chi connectivity index (χ0) is 28.6. The van der Waals surface area contributed by atoms with Crippen LogP contribution in [0.3, 0.4) is 0 Å². The molecule has 0 aliphatic rings. The van der Waals surface area contributed by atoms with Crippen LogP contribution < -0.4 is 21.3 Å². The number of carbonyl (C=O) groups is 1. The van der Waals surface area contributed by atoms with Crippen LogP contribution in [-0.4, -0.2) is 87.5 Å². The number of para-hydroxylation sites is 2. The zero-order valence-electron chi connectivity index (χ0n) is 23.8. The van der Waals surface area contributed by atoms with Crippen molar-refractivity contribution in [2.45, 2.75) is 6.61 Å². The lowest BCUT2D eigenvalue weighted by molar-refractivity contribution is 0.187. The summed E-state index contributed by atoms with van der Waals surface area (Å²) >= 11 is 0. The maximum Gasteiger partial charge on any atom is 0.411 e. The molecule has 0 aliphatic heterocycles. The summed E-state index contributed by atoms with van der Waals surface area (Å²) in [5.41, 5.74) is 6.36. The Hall–Kier alpha value is -4.12. The average Bonchev–Trinajstić information content (AvgIpc) is 2.92. The van der Waals surface area contributed by atoms with Gasteiger partial charge in [-0.3, -0.25) is 5.32 Å². The molecule has 0 spiro atoms. The van der Waals surface area contributed by atoms with Gasteiger partial charge < -0.3 is 35.6 Å². The zero-order valence-corrected chi connectivity index (χ0v) is 23.8. The van der Waals surface area contributed by atoms with E-state index < -0.39 is 6.09 Å². The van der Waals surface area contributed by atoms with Crippen molar-refractivity contribution in [3.05, 3.63) is 60.2 Å². The first-order chi connectivity index (χ1) is 19.3. The molecule has 1 heterocycles. The summed E-state index contributed by atoms with van der Waals surface area (Å²) in [6.45, 7) is 3.15. The molecule has 0 bridgehead atoms. The Bertz CT molecular complexity index is 1400. The first-order valence-electron chi connectivity index (χ1n) is 13.3. The standard InChI is InChI=1S/C30H39N7O3/c1-36(2)14-12-31-25-10-6-8-23-27(33-21-16-20(19-38)17-22(18-21)34-30(39)40-5)24-9-7-11-26(29(24)35-28(23)25)32-13-15-37(3)4/h6-11,16-18,31-32,38H,12-15,19H2,1-5H3,(H,33,35)(H,34,39). The average molecular weight is 546 g/mol. The molecule has 0 unspecified atom stereocenters. The van der Waals surface area contributed by atoms with E-state index in [4.69, 9.17) is 9.72 Å². The predicted octanol–water partition coefficient (Wildman–Crippen LogP) is 4.75. The maximum atomic E-state index is 11.9. The Balaban J connectivity index is 1.86. The number of aliphatic hydroxyl groups excluding tert-OH is 1. The topological polar surface area (TPSA) is 114 Å². The number of rotatable bonds is 12. The van der Waals surface area contributed by atoms with Crippen molar-refractivity contribution in [1.82, 2.24) is 14.8 Å². The molecule has 0 aliphatic carbocycles. The van der Waals surface area contributed by atoms with Crippen LogP contribution in [0.1, 0.15) is 5.56 Å². The number of hydrogen-bond donors (Lipinski definition) is 5. The number of carbonyl (C=O) groups excluding carboxylic acids is 1. The lowest BCUT2D eigenvalue weighted by Crippen LogP contribution is -2.21. The number of fused-ring (bicyclic) bond motifs is 2. The fourth-order valence-corrected chi connectivity index (χ4v) is 4.48. The number of aliphatic hydroxyl groups is 1. The molecule has 1 aromatic heterocycles. The third kappa shape index (κ3) is 7.09. The van der Waals surface area contributed by atoms with Crippen molar-refractivity contribution in [2.75, 3.05) is 82.7 Å². The third-order valence-corrected chi connectivity index (χ3v) is 6.46. The number of benzene rings is 3. The Morgan fingerprint density at radius 3 is 1.90 bits per heavy atom. The lowest BCUT2D eigenvalue weighted by atomic mass is 10.0. The molecule has 1 amide bonds. The summed E-state index contributed by atoms with van der Waals surface area (Å²) in [6.07, 6.45) is -0.581. The Labute approximate surface area is 235 Å². The molecule has 10 heteroatoms. The highest BCUT2D eigenvalue weighted by Crippen LogP contribution is 2.38. The number of nitrogens with one attached hydrogen (secondary N) is 4. The molecule has 0 saturated carbocycles. The molecule has 0 atom stereocenters. The largest absolute Gasteiger partial charge is 0.453 e. The summed E-state index contributed by atoms with van der Waals surface area (Å²) in [4.78, 5) is 21.3. The van der Waals surface area contributed by atoms with Crippen LogP contribution in [0.15, 0.2) is 54.6 Å². The van der Waals surface area contributed by atoms with Crippen molar-refractivity contribution >= 4 is 56.3 Å². The van der Waals surface area contributed by atoms with Gasteiger partial charge in [0.2, 0.25) is 0 Å². The van der Waals surface area contributed by atoms with E-state index in [1.165, 1.54) is 7.11 Å². The van der Waals surface area contributed by atoms with E-state index in [0.717, 1.165) is 65.0 Å². The van der Waals surface area contributed by atoms with Crippen LogP contribution in [0.25, 0.3) is 21.8 Å². The second-order valence-electron chi connectivity index (χ2n) is 10.2. The van der Waals surface area contributed by atoms with Crippen molar-refractivity contribution < 1.29 is 14.6 Å². The number of anilines is 5. The van der Waals surface area contributed by atoms with Gasteiger partial charge in [0.05, 0.1) is 41.8 Å². The normalized spacial score (nSPS) is 11.3. The molecule has 0 fully saturated rings. The number of hydrogen-bond acceptors (Lipinski definition) is 9. The Morgan fingerprint density at radius 2 is 1.40 bits per heavy atom. The van der Waals surface area contributed by atoms with Gasteiger partial charge in [-0.2, -0.15) is 0 Å². The number of nitrogens with zero attached hydrogens (tertiary/aromatic N) is 3. The molecule has 3 aromatic carbocycles. The van der Waals surface area contributed by atoms with Gasteiger partial charge in [-0.15, -0.1) is 0 Å². The highest BCUT2D eigenvalue weighted by Gasteiger charge is 2.16. The minimum atomic E-state index is -0.581. The van der Waals surface area contributed by atoms with Crippen molar-refractivity contribution in [1.29, 1.82) is 0 Å². The van der Waals surface area contributed by atoms with Crippen molar-refractivity contribution in [2.24, 2.45) is 0 Å². The molecule has 4 rings (SSSR count). The van der Waals surface area contributed by atoms with E-state index >= 15 is 0 Å². The van der Waals surface area contributed by atoms with E-state index in [9.17, 15) is 9.90 Å². The van der Waals surface area contributed by atoms with E-state index in [1.54, 1.807) is 6.07 Å². The van der Waals surface area contributed by atoms with Crippen molar-refractivity contribution in [3.63, 3.8) is 0 Å². The van der Waals surface area contributed by atoms with Crippen molar-refractivity contribution in [3.8, 4) is 0 Å². The number of aromatic nitrogens is 1. The highest BCUT2D eigenvalue weighted by atomic mass is 16.5. The van der Waals surface area contributed by atoms with E-state index in [0.29, 0.717) is 16.9 Å². The predicted molar refractivity (Wildman–Crippen MR) is 165 cm³/mol. The summed E-state index contributed by atoms with van der Waals surface area (Å²) in [5, 5.41) is 25.2. The molecular weight excluding hydrogens is 506 g/mol. The Kier molecular flexibility index (Phi) is 9.60. The molecule has 10 nitrogen and oxygen atoms in total. The summed E-state index contributed by atoms with van der Waals surface area (Å²) in [7, 11) is 9.51. The number of pyridine rings is 1. The smallest absolute Gasteiger partial charge is 0.411 e. The monoisotopic (exact) mass is 545 g/mol. The molecule has 212 valence electrons.